The molecule has 0 radical (unpaired) electrons. The summed E-state index contributed by atoms with van der Waals surface area (Å²) in [6.45, 7) is 4.62. The number of Topliss-reactive ketones (excluding diaryl/α,β-unsaturated/α-hetero) is 1. The molecular weight excluding hydrogens is 326 g/mol. The van der Waals surface area contributed by atoms with Crippen molar-refractivity contribution in [2.45, 2.75) is 71.3 Å². The van der Waals surface area contributed by atoms with Gasteiger partial charge in [-0.15, -0.1) is 0 Å². The highest BCUT2D eigenvalue weighted by Gasteiger charge is 2.64. The Bertz CT molecular complexity index is 617. The van der Waals surface area contributed by atoms with Gasteiger partial charge in [0, 0.05) is 32.9 Å². The smallest absolute Gasteiger partial charge is 0.225 e. The van der Waals surface area contributed by atoms with Gasteiger partial charge in [-0.3, -0.25) is 9.59 Å². The summed E-state index contributed by atoms with van der Waals surface area (Å²) in [7, 11) is 3.71. The van der Waals surface area contributed by atoms with Crippen LogP contribution in [-0.4, -0.2) is 41.9 Å². The van der Waals surface area contributed by atoms with Crippen LogP contribution in [0.15, 0.2) is 0 Å². The van der Waals surface area contributed by atoms with Crippen LogP contribution in [-0.2, 0) is 9.59 Å². The van der Waals surface area contributed by atoms with Crippen molar-refractivity contribution >= 4 is 11.7 Å². The van der Waals surface area contributed by atoms with E-state index in [4.69, 9.17) is 0 Å². The number of nitrogens with zero attached hydrogens (tertiary/aromatic N) is 1. The van der Waals surface area contributed by atoms with Crippen LogP contribution in [0.2, 0.25) is 0 Å². The molecule has 4 nitrogen and oxygen atoms in total. The molecule has 0 aromatic carbocycles. The topological polar surface area (TPSA) is 57.6 Å². The van der Waals surface area contributed by atoms with E-state index < -0.39 is 0 Å². The number of hydrogen-bond donors (Lipinski definition) is 1. The molecule has 0 aliphatic heterocycles. The Morgan fingerprint density at radius 2 is 1.85 bits per heavy atom. The number of aliphatic hydroxyl groups is 1. The number of fused-ring (bicyclic) bond motifs is 5. The van der Waals surface area contributed by atoms with E-state index in [9.17, 15) is 14.7 Å². The van der Waals surface area contributed by atoms with Gasteiger partial charge in [0.05, 0.1) is 6.10 Å². The maximum atomic E-state index is 12.8. The standard InChI is InChI=1S/C22H35NO3/c1-21-10-9-14(24)11-13(21)5-6-15-16-7-8-17(20(26)23(3)4)22(16,2)12-18(25)19(15)21/h13,15-19,25H,5-12H2,1-4H3. The van der Waals surface area contributed by atoms with Gasteiger partial charge in [-0.2, -0.15) is 0 Å². The maximum Gasteiger partial charge on any atom is 0.225 e. The predicted molar refractivity (Wildman–Crippen MR) is 100 cm³/mol. The quantitative estimate of drug-likeness (QED) is 0.780. The van der Waals surface area contributed by atoms with Gasteiger partial charge in [0.15, 0.2) is 0 Å². The van der Waals surface area contributed by atoms with Crippen molar-refractivity contribution in [3.63, 3.8) is 0 Å². The van der Waals surface area contributed by atoms with E-state index in [1.165, 1.54) is 0 Å². The molecule has 4 heteroatoms. The number of amides is 1. The summed E-state index contributed by atoms with van der Waals surface area (Å²) >= 11 is 0. The van der Waals surface area contributed by atoms with Gasteiger partial charge in [0.2, 0.25) is 5.91 Å². The maximum absolute atomic E-state index is 12.8. The minimum Gasteiger partial charge on any atom is -0.393 e. The highest BCUT2D eigenvalue weighted by molar-refractivity contribution is 5.80. The largest absolute Gasteiger partial charge is 0.393 e. The zero-order valence-electron chi connectivity index (χ0n) is 16.8. The molecule has 8 unspecified atom stereocenters. The molecule has 4 rings (SSSR count). The van der Waals surface area contributed by atoms with Gasteiger partial charge in [0.1, 0.15) is 5.78 Å². The predicted octanol–water partition coefficient (Wildman–Crippen LogP) is 3.27. The lowest BCUT2D eigenvalue weighted by Crippen LogP contribution is -2.59. The summed E-state index contributed by atoms with van der Waals surface area (Å²) in [5, 5.41) is 11.3. The van der Waals surface area contributed by atoms with Gasteiger partial charge in [-0.25, -0.2) is 0 Å². The molecule has 0 aromatic heterocycles. The molecule has 0 spiro atoms. The molecule has 1 N–H and O–H groups in total. The molecule has 146 valence electrons. The first-order valence-corrected chi connectivity index (χ1v) is 10.6. The SMILES string of the molecule is CN(C)C(=O)C1CCC2C3CCC4CC(=O)CCC4(C)C3C(O)CC12C. The Hall–Kier alpha value is -0.900. The van der Waals surface area contributed by atoms with E-state index in [2.05, 4.69) is 13.8 Å². The van der Waals surface area contributed by atoms with Crippen molar-refractivity contribution in [2.24, 2.45) is 40.4 Å². The van der Waals surface area contributed by atoms with Crippen molar-refractivity contribution in [3.8, 4) is 0 Å². The molecule has 0 heterocycles. The van der Waals surface area contributed by atoms with E-state index in [-0.39, 0.29) is 28.8 Å². The number of carbonyl (C=O) groups is 2. The summed E-state index contributed by atoms with van der Waals surface area (Å²) in [6, 6.07) is 0. The number of carbonyl (C=O) groups excluding carboxylic acids is 2. The highest BCUT2D eigenvalue weighted by Crippen LogP contribution is 2.67. The van der Waals surface area contributed by atoms with Crippen molar-refractivity contribution < 1.29 is 14.7 Å². The first-order valence-electron chi connectivity index (χ1n) is 10.6. The second-order valence-electron chi connectivity index (χ2n) is 10.5. The van der Waals surface area contributed by atoms with Gasteiger partial charge < -0.3 is 10.0 Å². The van der Waals surface area contributed by atoms with Crippen LogP contribution in [0.25, 0.3) is 0 Å². The summed E-state index contributed by atoms with van der Waals surface area (Å²) in [4.78, 5) is 26.6. The molecule has 4 aliphatic carbocycles. The lowest BCUT2D eigenvalue weighted by atomic mass is 9.44. The molecule has 0 aromatic rings. The number of aliphatic hydroxyl groups excluding tert-OH is 1. The van der Waals surface area contributed by atoms with E-state index in [0.29, 0.717) is 35.9 Å². The zero-order valence-corrected chi connectivity index (χ0v) is 16.8. The van der Waals surface area contributed by atoms with Gasteiger partial charge in [-0.1, -0.05) is 13.8 Å². The Labute approximate surface area is 157 Å². The number of rotatable bonds is 1. The molecule has 8 atom stereocenters. The third-order valence-corrected chi connectivity index (χ3v) is 9.15. The zero-order chi connectivity index (χ0) is 18.9. The molecule has 0 bridgehead atoms. The minimum atomic E-state index is -0.335. The van der Waals surface area contributed by atoms with Crippen LogP contribution >= 0.6 is 0 Å². The Morgan fingerprint density at radius 1 is 1.12 bits per heavy atom. The summed E-state index contributed by atoms with van der Waals surface area (Å²) in [5.74, 6) is 2.52. The third kappa shape index (κ3) is 2.43. The molecule has 1 amide bonds. The fourth-order valence-corrected chi connectivity index (χ4v) is 7.89. The van der Waals surface area contributed by atoms with Crippen molar-refractivity contribution in [2.75, 3.05) is 14.1 Å². The van der Waals surface area contributed by atoms with Crippen molar-refractivity contribution in [3.05, 3.63) is 0 Å². The van der Waals surface area contributed by atoms with Crippen LogP contribution in [0.3, 0.4) is 0 Å². The second kappa shape index (κ2) is 6.05. The van der Waals surface area contributed by atoms with Gasteiger partial charge in [-0.05, 0) is 73.0 Å². The van der Waals surface area contributed by atoms with Gasteiger partial charge >= 0.3 is 0 Å². The van der Waals surface area contributed by atoms with Crippen LogP contribution in [0.5, 0.6) is 0 Å². The Morgan fingerprint density at radius 3 is 2.54 bits per heavy atom. The number of hydrogen-bond acceptors (Lipinski definition) is 3. The molecular formula is C22H35NO3. The molecule has 4 fully saturated rings. The Balaban J connectivity index is 1.65. The summed E-state index contributed by atoms with van der Waals surface area (Å²) in [6.07, 6.45) is 7.09. The van der Waals surface area contributed by atoms with Gasteiger partial charge in [0.25, 0.3) is 0 Å². The monoisotopic (exact) mass is 361 g/mol. The van der Waals surface area contributed by atoms with Crippen LogP contribution in [0.1, 0.15) is 65.2 Å². The van der Waals surface area contributed by atoms with E-state index in [1.54, 1.807) is 4.90 Å². The molecule has 4 saturated carbocycles. The van der Waals surface area contributed by atoms with Crippen molar-refractivity contribution in [1.29, 1.82) is 0 Å². The van der Waals surface area contributed by atoms with Crippen molar-refractivity contribution in [1.82, 2.24) is 4.90 Å². The fraction of sp³-hybridized carbons (Fsp3) is 0.909. The molecule has 26 heavy (non-hydrogen) atoms. The fourth-order valence-electron chi connectivity index (χ4n) is 7.89. The van der Waals surface area contributed by atoms with Crippen LogP contribution in [0, 0.1) is 40.4 Å². The van der Waals surface area contributed by atoms with E-state index in [1.807, 2.05) is 14.1 Å². The highest BCUT2D eigenvalue weighted by atomic mass is 16.3. The molecule has 0 saturated heterocycles. The lowest BCUT2D eigenvalue weighted by Gasteiger charge is -2.61. The third-order valence-electron chi connectivity index (χ3n) is 9.15. The van der Waals surface area contributed by atoms with Crippen LogP contribution in [0.4, 0.5) is 0 Å². The number of ketones is 1. The lowest BCUT2D eigenvalue weighted by molar-refractivity contribution is -0.176. The average molecular weight is 362 g/mol. The normalized spacial score (nSPS) is 50.6. The molecule has 4 aliphatic rings. The Kier molecular flexibility index (Phi) is 4.30. The first-order chi connectivity index (χ1) is 12.2. The van der Waals surface area contributed by atoms with E-state index >= 15 is 0 Å². The average Bonchev–Trinajstić information content (AvgIpc) is 2.90. The second-order valence-corrected chi connectivity index (χ2v) is 10.5. The summed E-state index contributed by atoms with van der Waals surface area (Å²) in [5.41, 5.74) is 0.0246. The van der Waals surface area contributed by atoms with Crippen LogP contribution < -0.4 is 0 Å². The minimum absolute atomic E-state index is 0.0524. The van der Waals surface area contributed by atoms with E-state index in [0.717, 1.165) is 44.9 Å². The summed E-state index contributed by atoms with van der Waals surface area (Å²) < 4.78 is 0. The first kappa shape index (κ1) is 18.5.